The van der Waals surface area contributed by atoms with Crippen LogP contribution in [0.25, 0.3) is 0 Å². The van der Waals surface area contributed by atoms with Gasteiger partial charge in [-0.05, 0) is 54.1 Å². The van der Waals surface area contributed by atoms with Gasteiger partial charge in [0.15, 0.2) is 0 Å². The molecule has 0 saturated carbocycles. The van der Waals surface area contributed by atoms with E-state index in [1.165, 1.54) is 0 Å². The van der Waals surface area contributed by atoms with E-state index in [0.29, 0.717) is 16.3 Å². The lowest BCUT2D eigenvalue weighted by Crippen LogP contribution is -2.32. The number of halogens is 1. The van der Waals surface area contributed by atoms with Gasteiger partial charge in [0.05, 0.1) is 6.54 Å². The van der Waals surface area contributed by atoms with Crippen LogP contribution in [0.15, 0.2) is 78.0 Å². The number of nitrogens with one attached hydrogen (secondary N) is 2. The molecule has 0 saturated heterocycles. The van der Waals surface area contributed by atoms with Gasteiger partial charge in [-0.2, -0.15) is 0 Å². The smallest absolute Gasteiger partial charge is 0.251 e. The first-order chi connectivity index (χ1) is 13.6. The number of nitrogens with zero attached hydrogens (tertiary/aromatic N) is 1. The normalized spacial score (nSPS) is 10.3. The van der Waals surface area contributed by atoms with Gasteiger partial charge in [-0.25, -0.2) is 0 Å². The molecule has 2 amide bonds. The molecule has 0 radical (unpaired) electrons. The largest absolute Gasteiger partial charge is 0.343 e. The lowest BCUT2D eigenvalue weighted by Gasteiger charge is -2.08. The molecule has 0 atom stereocenters. The maximum atomic E-state index is 12.0. The van der Waals surface area contributed by atoms with E-state index in [1.54, 1.807) is 42.2 Å². The number of thioether (sulfide) groups is 1. The van der Waals surface area contributed by atoms with Crippen LogP contribution in [0, 0.1) is 0 Å². The average Bonchev–Trinajstić information content (AvgIpc) is 2.72. The van der Waals surface area contributed by atoms with Gasteiger partial charge in [0, 0.05) is 39.3 Å². The van der Waals surface area contributed by atoms with E-state index in [2.05, 4.69) is 15.6 Å². The third-order valence-electron chi connectivity index (χ3n) is 3.76. The highest BCUT2D eigenvalue weighted by atomic mass is 35.5. The highest BCUT2D eigenvalue weighted by Crippen LogP contribution is 2.23. The summed E-state index contributed by atoms with van der Waals surface area (Å²) in [5.41, 5.74) is 2.24. The molecule has 28 heavy (non-hydrogen) atoms. The van der Waals surface area contributed by atoms with E-state index < -0.39 is 0 Å². The molecule has 0 unspecified atom stereocenters. The first-order valence-electron chi connectivity index (χ1n) is 8.55. The average molecular weight is 412 g/mol. The molecule has 1 heterocycles. The zero-order valence-electron chi connectivity index (χ0n) is 14.9. The maximum Gasteiger partial charge on any atom is 0.251 e. The van der Waals surface area contributed by atoms with Crippen molar-refractivity contribution in [2.24, 2.45) is 0 Å². The first kappa shape index (κ1) is 19.9. The molecule has 2 N–H and O–H groups in total. The van der Waals surface area contributed by atoms with Crippen molar-refractivity contribution >= 4 is 40.9 Å². The third-order valence-corrected chi connectivity index (χ3v) is 5.08. The first-order valence-corrected chi connectivity index (χ1v) is 9.92. The minimum atomic E-state index is -0.347. The summed E-state index contributed by atoms with van der Waals surface area (Å²) in [5.74, 6) is 0.181. The molecule has 7 heteroatoms. The van der Waals surface area contributed by atoms with Gasteiger partial charge in [-0.1, -0.05) is 23.7 Å². The van der Waals surface area contributed by atoms with E-state index in [9.17, 15) is 9.59 Å². The highest BCUT2D eigenvalue weighted by Gasteiger charge is 2.09. The van der Waals surface area contributed by atoms with E-state index in [1.807, 2.05) is 42.6 Å². The SMILES string of the molecule is O=C(CNC(=O)c1cccc(Cl)c1)Nc1ccc(SCc2cccnc2)cc1. The minimum Gasteiger partial charge on any atom is -0.343 e. The Kier molecular flexibility index (Phi) is 7.06. The Labute approximate surface area is 172 Å². The monoisotopic (exact) mass is 411 g/mol. The van der Waals surface area contributed by atoms with Crippen molar-refractivity contribution in [3.8, 4) is 0 Å². The molecule has 3 aromatic rings. The zero-order chi connectivity index (χ0) is 19.8. The summed E-state index contributed by atoms with van der Waals surface area (Å²) < 4.78 is 0. The van der Waals surface area contributed by atoms with Crippen LogP contribution >= 0.6 is 23.4 Å². The standard InChI is InChI=1S/C21H18ClN3O2S/c22-17-5-1-4-16(11-17)21(27)24-13-20(26)25-18-6-8-19(9-7-18)28-14-15-3-2-10-23-12-15/h1-12H,13-14H2,(H,24,27)(H,25,26). The Morgan fingerprint density at radius 2 is 1.86 bits per heavy atom. The molecule has 0 spiro atoms. The summed E-state index contributed by atoms with van der Waals surface area (Å²) in [4.78, 5) is 29.3. The molecule has 142 valence electrons. The molecule has 0 aliphatic heterocycles. The lowest BCUT2D eigenvalue weighted by atomic mass is 10.2. The molecule has 0 aliphatic carbocycles. The van der Waals surface area contributed by atoms with Gasteiger partial charge >= 0.3 is 0 Å². The summed E-state index contributed by atoms with van der Waals surface area (Å²) in [7, 11) is 0. The number of rotatable bonds is 7. The number of carbonyl (C=O) groups excluding carboxylic acids is 2. The number of benzene rings is 2. The number of aromatic nitrogens is 1. The number of carbonyl (C=O) groups is 2. The predicted octanol–water partition coefficient (Wildman–Crippen LogP) is 4.40. The van der Waals surface area contributed by atoms with Crippen LogP contribution in [0.2, 0.25) is 5.02 Å². The molecular formula is C21H18ClN3O2S. The van der Waals surface area contributed by atoms with Gasteiger partial charge in [0.25, 0.3) is 5.91 Å². The van der Waals surface area contributed by atoms with Crippen LogP contribution in [-0.4, -0.2) is 23.3 Å². The Morgan fingerprint density at radius 1 is 1.04 bits per heavy atom. The molecule has 0 fully saturated rings. The molecule has 2 aromatic carbocycles. The second kappa shape index (κ2) is 9.92. The predicted molar refractivity (Wildman–Crippen MR) is 113 cm³/mol. The van der Waals surface area contributed by atoms with E-state index in [4.69, 9.17) is 11.6 Å². The minimum absolute atomic E-state index is 0.122. The van der Waals surface area contributed by atoms with Crippen LogP contribution < -0.4 is 10.6 Å². The molecule has 5 nitrogen and oxygen atoms in total. The maximum absolute atomic E-state index is 12.0. The quantitative estimate of drug-likeness (QED) is 0.565. The molecule has 3 rings (SSSR count). The highest BCUT2D eigenvalue weighted by molar-refractivity contribution is 7.98. The third kappa shape index (κ3) is 6.11. The van der Waals surface area contributed by atoms with Gasteiger partial charge in [-0.3, -0.25) is 14.6 Å². The summed E-state index contributed by atoms with van der Waals surface area (Å²) >= 11 is 7.56. The van der Waals surface area contributed by atoms with Crippen LogP contribution in [0.4, 0.5) is 5.69 Å². The van der Waals surface area contributed by atoms with Crippen molar-refractivity contribution in [3.63, 3.8) is 0 Å². The fraction of sp³-hybridized carbons (Fsp3) is 0.0952. The topological polar surface area (TPSA) is 71.1 Å². The Morgan fingerprint density at radius 3 is 2.57 bits per heavy atom. The van der Waals surface area contributed by atoms with Crippen LogP contribution in [0.3, 0.4) is 0 Å². The summed E-state index contributed by atoms with van der Waals surface area (Å²) in [6.07, 6.45) is 3.60. The van der Waals surface area contributed by atoms with Gasteiger partial charge in [0.2, 0.25) is 5.91 Å². The molecule has 0 aliphatic rings. The fourth-order valence-electron chi connectivity index (χ4n) is 2.38. The number of pyridine rings is 1. The number of hydrogen-bond donors (Lipinski definition) is 2. The van der Waals surface area contributed by atoms with E-state index in [0.717, 1.165) is 16.2 Å². The van der Waals surface area contributed by atoms with Gasteiger partial charge in [0.1, 0.15) is 0 Å². The van der Waals surface area contributed by atoms with Crippen LogP contribution in [0.5, 0.6) is 0 Å². The van der Waals surface area contributed by atoms with Crippen molar-refractivity contribution in [1.82, 2.24) is 10.3 Å². The van der Waals surface area contributed by atoms with Crippen molar-refractivity contribution < 1.29 is 9.59 Å². The van der Waals surface area contributed by atoms with E-state index in [-0.39, 0.29) is 18.4 Å². The van der Waals surface area contributed by atoms with Crippen molar-refractivity contribution in [3.05, 3.63) is 89.2 Å². The summed E-state index contributed by atoms with van der Waals surface area (Å²) in [6.45, 7) is -0.122. The number of hydrogen-bond acceptors (Lipinski definition) is 4. The van der Waals surface area contributed by atoms with Crippen LogP contribution in [0.1, 0.15) is 15.9 Å². The fourth-order valence-corrected chi connectivity index (χ4v) is 3.41. The summed E-state index contributed by atoms with van der Waals surface area (Å²) in [5, 5.41) is 5.81. The molecular weight excluding hydrogens is 394 g/mol. The number of anilines is 1. The molecule has 0 bridgehead atoms. The van der Waals surface area contributed by atoms with Crippen molar-refractivity contribution in [2.45, 2.75) is 10.6 Å². The van der Waals surface area contributed by atoms with Crippen LogP contribution in [-0.2, 0) is 10.5 Å². The second-order valence-electron chi connectivity index (χ2n) is 5.92. The Hall–Kier alpha value is -2.83. The zero-order valence-corrected chi connectivity index (χ0v) is 16.5. The summed E-state index contributed by atoms with van der Waals surface area (Å²) in [6, 6.07) is 18.1. The Balaban J connectivity index is 1.45. The van der Waals surface area contributed by atoms with Gasteiger partial charge in [-0.15, -0.1) is 11.8 Å². The lowest BCUT2D eigenvalue weighted by molar-refractivity contribution is -0.115. The Bertz CT molecular complexity index is 949. The number of amides is 2. The van der Waals surface area contributed by atoms with Crippen molar-refractivity contribution in [1.29, 1.82) is 0 Å². The molecule has 1 aromatic heterocycles. The van der Waals surface area contributed by atoms with Gasteiger partial charge < -0.3 is 10.6 Å². The van der Waals surface area contributed by atoms with E-state index >= 15 is 0 Å². The second-order valence-corrected chi connectivity index (χ2v) is 7.40. The van der Waals surface area contributed by atoms with Crippen molar-refractivity contribution in [2.75, 3.05) is 11.9 Å².